The first-order valence-corrected chi connectivity index (χ1v) is 9.34. The maximum absolute atomic E-state index is 3.77. The number of fused-ring (bicyclic) bond motifs is 1. The van der Waals surface area contributed by atoms with E-state index in [9.17, 15) is 0 Å². The third-order valence-corrected chi connectivity index (χ3v) is 6.17. The number of nitrogens with zero attached hydrogens (tertiary/aromatic N) is 1. The van der Waals surface area contributed by atoms with Crippen LogP contribution in [-0.4, -0.2) is 36.6 Å². The van der Waals surface area contributed by atoms with Crippen molar-refractivity contribution in [3.05, 3.63) is 0 Å². The Bertz CT molecular complexity index is 291. The van der Waals surface area contributed by atoms with Crippen molar-refractivity contribution in [3.8, 4) is 0 Å². The largest absolute Gasteiger partial charge is 0.314 e. The number of piperidine rings is 1. The van der Waals surface area contributed by atoms with E-state index < -0.39 is 0 Å². The molecule has 20 heavy (non-hydrogen) atoms. The molecule has 2 heteroatoms. The van der Waals surface area contributed by atoms with Gasteiger partial charge < -0.3 is 10.2 Å². The maximum Gasteiger partial charge on any atom is 0.0110 e. The molecule has 3 rings (SSSR count). The first kappa shape index (κ1) is 14.8. The van der Waals surface area contributed by atoms with Crippen LogP contribution >= 0.6 is 0 Å². The van der Waals surface area contributed by atoms with Crippen molar-refractivity contribution < 1.29 is 0 Å². The van der Waals surface area contributed by atoms with Gasteiger partial charge in [0.2, 0.25) is 0 Å². The summed E-state index contributed by atoms with van der Waals surface area (Å²) in [5.41, 5.74) is 0. The molecule has 0 amide bonds. The summed E-state index contributed by atoms with van der Waals surface area (Å²) in [5, 5.41) is 3.77. The molecular weight excluding hydrogens is 244 g/mol. The van der Waals surface area contributed by atoms with Gasteiger partial charge in [-0.25, -0.2) is 0 Å². The van der Waals surface area contributed by atoms with Crippen LogP contribution in [0.3, 0.4) is 0 Å². The molecule has 1 N–H and O–H groups in total. The maximum atomic E-state index is 3.77. The lowest BCUT2D eigenvalue weighted by atomic mass is 9.74. The van der Waals surface area contributed by atoms with E-state index in [1.165, 1.54) is 83.8 Å². The van der Waals surface area contributed by atoms with Crippen LogP contribution in [0.4, 0.5) is 0 Å². The summed E-state index contributed by atoms with van der Waals surface area (Å²) in [6.45, 7) is 6.31. The molecule has 4 unspecified atom stereocenters. The van der Waals surface area contributed by atoms with Gasteiger partial charge in [-0.1, -0.05) is 32.6 Å². The molecule has 2 aliphatic carbocycles. The monoisotopic (exact) mass is 278 g/mol. The van der Waals surface area contributed by atoms with E-state index in [0.29, 0.717) is 0 Å². The Kier molecular flexibility index (Phi) is 5.39. The predicted octanol–water partition coefficient (Wildman–Crippen LogP) is 3.81. The molecule has 1 aliphatic heterocycles. The van der Waals surface area contributed by atoms with Crippen LogP contribution in [0, 0.1) is 11.8 Å². The Hall–Kier alpha value is -0.0800. The van der Waals surface area contributed by atoms with E-state index in [2.05, 4.69) is 17.1 Å². The molecule has 3 fully saturated rings. The molecule has 2 nitrogen and oxygen atoms in total. The van der Waals surface area contributed by atoms with Gasteiger partial charge in [0, 0.05) is 18.6 Å². The van der Waals surface area contributed by atoms with Crippen LogP contribution in [0.15, 0.2) is 0 Å². The van der Waals surface area contributed by atoms with E-state index in [4.69, 9.17) is 0 Å². The minimum Gasteiger partial charge on any atom is -0.314 e. The van der Waals surface area contributed by atoms with Crippen LogP contribution in [0.5, 0.6) is 0 Å². The smallest absolute Gasteiger partial charge is 0.0110 e. The van der Waals surface area contributed by atoms with Crippen molar-refractivity contribution in [3.63, 3.8) is 0 Å². The second-order valence-corrected chi connectivity index (χ2v) is 7.56. The topological polar surface area (TPSA) is 15.3 Å². The van der Waals surface area contributed by atoms with Gasteiger partial charge in [-0.05, 0) is 63.5 Å². The van der Waals surface area contributed by atoms with E-state index in [-0.39, 0.29) is 0 Å². The minimum absolute atomic E-state index is 0.803. The Labute approximate surface area is 125 Å². The highest BCUT2D eigenvalue weighted by molar-refractivity contribution is 4.90. The number of hydrogen-bond donors (Lipinski definition) is 1. The first-order valence-electron chi connectivity index (χ1n) is 9.34. The van der Waals surface area contributed by atoms with E-state index in [1.807, 2.05) is 0 Å². The fraction of sp³-hybridized carbons (Fsp3) is 1.00. The number of rotatable bonds is 4. The molecule has 4 atom stereocenters. The summed E-state index contributed by atoms with van der Waals surface area (Å²) < 4.78 is 0. The molecule has 1 saturated heterocycles. The Morgan fingerprint density at radius 1 is 0.950 bits per heavy atom. The molecule has 3 aliphatic rings. The summed E-state index contributed by atoms with van der Waals surface area (Å²) in [5.74, 6) is 2.12. The highest BCUT2D eigenvalue weighted by atomic mass is 15.2. The number of hydrogen-bond acceptors (Lipinski definition) is 2. The van der Waals surface area contributed by atoms with Gasteiger partial charge in [0.1, 0.15) is 0 Å². The van der Waals surface area contributed by atoms with Gasteiger partial charge >= 0.3 is 0 Å². The highest BCUT2D eigenvalue weighted by Gasteiger charge is 2.35. The van der Waals surface area contributed by atoms with Crippen LogP contribution in [0.25, 0.3) is 0 Å². The number of nitrogens with one attached hydrogen (secondary N) is 1. The van der Waals surface area contributed by atoms with Crippen molar-refractivity contribution in [1.82, 2.24) is 10.2 Å². The van der Waals surface area contributed by atoms with E-state index in [1.54, 1.807) is 0 Å². The fourth-order valence-corrected chi connectivity index (χ4v) is 4.99. The molecule has 1 heterocycles. The standard InChI is InChI=1S/C18H34N2/c1-2-11-19-17-8-5-9-18(13-17)20-12-10-15-6-3-4-7-16(15)14-20/h15-19H,2-14H2,1H3. The van der Waals surface area contributed by atoms with Crippen molar-refractivity contribution in [2.45, 2.75) is 83.2 Å². The normalized spacial score (nSPS) is 39.5. The van der Waals surface area contributed by atoms with Crippen molar-refractivity contribution in [2.24, 2.45) is 11.8 Å². The molecule has 0 spiro atoms. The molecule has 0 aromatic heterocycles. The van der Waals surface area contributed by atoms with Gasteiger partial charge in [-0.3, -0.25) is 0 Å². The van der Waals surface area contributed by atoms with Gasteiger partial charge in [0.15, 0.2) is 0 Å². The zero-order valence-electron chi connectivity index (χ0n) is 13.4. The lowest BCUT2D eigenvalue weighted by molar-refractivity contribution is 0.0391. The third-order valence-electron chi connectivity index (χ3n) is 6.17. The quantitative estimate of drug-likeness (QED) is 0.841. The zero-order valence-corrected chi connectivity index (χ0v) is 13.4. The van der Waals surface area contributed by atoms with Gasteiger partial charge in [-0.15, -0.1) is 0 Å². The number of likely N-dealkylation sites (tertiary alicyclic amines) is 1. The summed E-state index contributed by atoms with van der Waals surface area (Å²) in [7, 11) is 0. The second-order valence-electron chi connectivity index (χ2n) is 7.56. The summed E-state index contributed by atoms with van der Waals surface area (Å²) >= 11 is 0. The minimum atomic E-state index is 0.803. The average molecular weight is 278 g/mol. The van der Waals surface area contributed by atoms with Crippen LogP contribution in [0.2, 0.25) is 0 Å². The zero-order chi connectivity index (χ0) is 13.8. The Morgan fingerprint density at radius 3 is 2.65 bits per heavy atom. The van der Waals surface area contributed by atoms with Crippen LogP contribution in [-0.2, 0) is 0 Å². The summed E-state index contributed by atoms with van der Waals surface area (Å²) in [4.78, 5) is 2.88. The van der Waals surface area contributed by atoms with Crippen molar-refractivity contribution >= 4 is 0 Å². The molecule has 2 saturated carbocycles. The first-order chi connectivity index (χ1) is 9.86. The fourth-order valence-electron chi connectivity index (χ4n) is 4.99. The van der Waals surface area contributed by atoms with Crippen LogP contribution in [0.1, 0.15) is 71.1 Å². The SMILES string of the molecule is CCCNC1CCCC(N2CCC3CCCCC3C2)C1. The predicted molar refractivity (Wildman–Crippen MR) is 86.0 cm³/mol. The average Bonchev–Trinajstić information content (AvgIpc) is 2.53. The molecular formula is C18H34N2. The van der Waals surface area contributed by atoms with Crippen LogP contribution < -0.4 is 5.32 Å². The third kappa shape index (κ3) is 3.57. The van der Waals surface area contributed by atoms with E-state index in [0.717, 1.165) is 23.9 Å². The van der Waals surface area contributed by atoms with E-state index >= 15 is 0 Å². The highest BCUT2D eigenvalue weighted by Crippen LogP contribution is 2.38. The summed E-state index contributed by atoms with van der Waals surface area (Å²) in [6.07, 6.45) is 14.6. The lowest BCUT2D eigenvalue weighted by Gasteiger charge is -2.46. The molecule has 0 aromatic carbocycles. The molecule has 116 valence electrons. The molecule has 0 radical (unpaired) electrons. The summed E-state index contributed by atoms with van der Waals surface area (Å²) in [6, 6.07) is 1.69. The van der Waals surface area contributed by atoms with Gasteiger partial charge in [-0.2, -0.15) is 0 Å². The second kappa shape index (κ2) is 7.26. The van der Waals surface area contributed by atoms with Crippen molar-refractivity contribution in [1.29, 1.82) is 0 Å². The van der Waals surface area contributed by atoms with Gasteiger partial charge in [0.05, 0.1) is 0 Å². The van der Waals surface area contributed by atoms with Crippen molar-refractivity contribution in [2.75, 3.05) is 19.6 Å². The lowest BCUT2D eigenvalue weighted by Crippen LogP contribution is -2.50. The Morgan fingerprint density at radius 2 is 1.80 bits per heavy atom. The Balaban J connectivity index is 1.50. The molecule has 0 bridgehead atoms. The molecule has 0 aromatic rings. The van der Waals surface area contributed by atoms with Gasteiger partial charge in [0.25, 0.3) is 0 Å².